The van der Waals surface area contributed by atoms with E-state index in [1.54, 1.807) is 7.11 Å². The van der Waals surface area contributed by atoms with Crippen LogP contribution in [0.4, 0.5) is 5.69 Å². The molecule has 0 aliphatic heterocycles. The SMILES string of the molecule is CCc1ccccc1NC(=O)CC(c1cccc(OC)c1)n1cccc1. The predicted octanol–water partition coefficient (Wildman–Crippen LogP) is 4.68. The molecule has 1 aromatic heterocycles. The zero-order chi connectivity index (χ0) is 18.4. The van der Waals surface area contributed by atoms with Crippen LogP contribution in [0.25, 0.3) is 0 Å². The Balaban J connectivity index is 1.83. The third-order valence-electron chi connectivity index (χ3n) is 4.52. The van der Waals surface area contributed by atoms with Crippen molar-refractivity contribution in [2.75, 3.05) is 12.4 Å². The van der Waals surface area contributed by atoms with E-state index >= 15 is 0 Å². The van der Waals surface area contributed by atoms with Crippen LogP contribution in [0, 0.1) is 0 Å². The number of para-hydroxylation sites is 1. The van der Waals surface area contributed by atoms with Crippen LogP contribution < -0.4 is 10.1 Å². The largest absolute Gasteiger partial charge is 0.497 e. The number of nitrogens with one attached hydrogen (secondary N) is 1. The molecule has 1 amide bonds. The average molecular weight is 348 g/mol. The third kappa shape index (κ3) is 4.14. The van der Waals surface area contributed by atoms with Gasteiger partial charge in [0.25, 0.3) is 0 Å². The highest BCUT2D eigenvalue weighted by molar-refractivity contribution is 5.92. The van der Waals surface area contributed by atoms with Gasteiger partial charge in [0.1, 0.15) is 5.75 Å². The summed E-state index contributed by atoms with van der Waals surface area (Å²) in [6.07, 6.45) is 5.20. The number of ether oxygens (including phenoxy) is 1. The summed E-state index contributed by atoms with van der Waals surface area (Å²) in [5.41, 5.74) is 3.07. The van der Waals surface area contributed by atoms with Gasteiger partial charge in [-0.1, -0.05) is 37.3 Å². The van der Waals surface area contributed by atoms with Crippen molar-refractivity contribution in [1.29, 1.82) is 0 Å². The van der Waals surface area contributed by atoms with Crippen LogP contribution in [-0.4, -0.2) is 17.6 Å². The summed E-state index contributed by atoms with van der Waals surface area (Å²) >= 11 is 0. The van der Waals surface area contributed by atoms with Crippen molar-refractivity contribution in [2.45, 2.75) is 25.8 Å². The van der Waals surface area contributed by atoms with E-state index in [0.29, 0.717) is 6.42 Å². The summed E-state index contributed by atoms with van der Waals surface area (Å²) in [6.45, 7) is 2.09. The van der Waals surface area contributed by atoms with Crippen LogP contribution in [0.1, 0.15) is 30.5 Å². The minimum atomic E-state index is -0.0890. The van der Waals surface area contributed by atoms with E-state index in [1.165, 1.54) is 0 Å². The molecular formula is C22H24N2O2. The Labute approximate surface area is 154 Å². The number of aromatic nitrogens is 1. The topological polar surface area (TPSA) is 43.3 Å². The summed E-state index contributed by atoms with van der Waals surface area (Å²) in [5, 5.41) is 3.07. The maximum absolute atomic E-state index is 12.8. The molecule has 1 atom stereocenters. The lowest BCUT2D eigenvalue weighted by Gasteiger charge is -2.20. The van der Waals surface area contributed by atoms with Gasteiger partial charge in [0.05, 0.1) is 19.6 Å². The molecule has 0 saturated carbocycles. The lowest BCUT2D eigenvalue weighted by molar-refractivity contribution is -0.116. The molecule has 3 rings (SSSR count). The van der Waals surface area contributed by atoms with Crippen LogP contribution in [0.5, 0.6) is 5.75 Å². The first-order valence-electron chi connectivity index (χ1n) is 8.85. The fraction of sp³-hybridized carbons (Fsp3) is 0.227. The van der Waals surface area contributed by atoms with Gasteiger partial charge >= 0.3 is 0 Å². The van der Waals surface area contributed by atoms with Crippen molar-refractivity contribution in [3.05, 3.63) is 84.2 Å². The lowest BCUT2D eigenvalue weighted by atomic mass is 10.0. The summed E-state index contributed by atoms with van der Waals surface area (Å²) < 4.78 is 7.40. The molecule has 0 saturated heterocycles. The zero-order valence-corrected chi connectivity index (χ0v) is 15.2. The number of methoxy groups -OCH3 is 1. The standard InChI is InChI=1S/C22H24N2O2/c1-3-17-9-4-5-12-20(17)23-22(25)16-21(24-13-6-7-14-24)18-10-8-11-19(15-18)26-2/h4-15,21H,3,16H2,1-2H3,(H,23,25). The van der Waals surface area contributed by atoms with Crippen LogP contribution in [0.2, 0.25) is 0 Å². The van der Waals surface area contributed by atoms with Crippen molar-refractivity contribution in [1.82, 2.24) is 4.57 Å². The normalized spacial score (nSPS) is 11.8. The summed E-state index contributed by atoms with van der Waals surface area (Å²) in [7, 11) is 1.65. The fourth-order valence-electron chi connectivity index (χ4n) is 3.13. The average Bonchev–Trinajstić information content (AvgIpc) is 3.21. The highest BCUT2D eigenvalue weighted by Crippen LogP contribution is 2.26. The quantitative estimate of drug-likeness (QED) is 0.674. The zero-order valence-electron chi connectivity index (χ0n) is 15.2. The molecule has 1 heterocycles. The number of anilines is 1. The maximum atomic E-state index is 12.8. The number of carbonyl (C=O) groups is 1. The van der Waals surface area contributed by atoms with Gasteiger partial charge in [0, 0.05) is 18.1 Å². The molecule has 3 aromatic rings. The van der Waals surface area contributed by atoms with Gasteiger partial charge in [-0.05, 0) is 47.9 Å². The number of aryl methyl sites for hydroxylation is 1. The van der Waals surface area contributed by atoms with Gasteiger partial charge in [-0.3, -0.25) is 4.79 Å². The Morgan fingerprint density at radius 3 is 2.58 bits per heavy atom. The molecule has 1 unspecified atom stereocenters. The molecule has 4 heteroatoms. The molecule has 0 fully saturated rings. The van der Waals surface area contributed by atoms with E-state index in [0.717, 1.165) is 29.0 Å². The highest BCUT2D eigenvalue weighted by atomic mass is 16.5. The van der Waals surface area contributed by atoms with Crippen molar-refractivity contribution < 1.29 is 9.53 Å². The number of benzene rings is 2. The van der Waals surface area contributed by atoms with Gasteiger partial charge in [-0.15, -0.1) is 0 Å². The summed E-state index contributed by atoms with van der Waals surface area (Å²) in [4.78, 5) is 12.8. The maximum Gasteiger partial charge on any atom is 0.226 e. The molecule has 0 radical (unpaired) electrons. The molecule has 26 heavy (non-hydrogen) atoms. The van der Waals surface area contributed by atoms with E-state index in [2.05, 4.69) is 16.8 Å². The lowest BCUT2D eigenvalue weighted by Crippen LogP contribution is -2.20. The van der Waals surface area contributed by atoms with E-state index in [9.17, 15) is 4.79 Å². The molecular weight excluding hydrogens is 324 g/mol. The molecule has 134 valence electrons. The number of hydrogen-bond acceptors (Lipinski definition) is 2. The smallest absolute Gasteiger partial charge is 0.226 e. The van der Waals surface area contributed by atoms with Crippen molar-refractivity contribution in [3.63, 3.8) is 0 Å². The number of amides is 1. The van der Waals surface area contributed by atoms with E-state index in [1.807, 2.05) is 73.1 Å². The number of hydrogen-bond donors (Lipinski definition) is 1. The van der Waals surface area contributed by atoms with E-state index in [4.69, 9.17) is 4.74 Å². The molecule has 0 bridgehead atoms. The van der Waals surface area contributed by atoms with Crippen LogP contribution in [0.3, 0.4) is 0 Å². The van der Waals surface area contributed by atoms with Crippen molar-refractivity contribution >= 4 is 11.6 Å². The van der Waals surface area contributed by atoms with Gasteiger partial charge in [0.2, 0.25) is 5.91 Å². The minimum Gasteiger partial charge on any atom is -0.497 e. The Bertz CT molecular complexity index is 856. The van der Waals surface area contributed by atoms with Gasteiger partial charge in [-0.2, -0.15) is 0 Å². The van der Waals surface area contributed by atoms with Crippen molar-refractivity contribution in [2.24, 2.45) is 0 Å². The van der Waals surface area contributed by atoms with Gasteiger partial charge in [0.15, 0.2) is 0 Å². The molecule has 1 N–H and O–H groups in total. The second-order valence-corrected chi connectivity index (χ2v) is 6.19. The van der Waals surface area contributed by atoms with Gasteiger partial charge < -0.3 is 14.6 Å². The number of nitrogens with zero attached hydrogens (tertiary/aromatic N) is 1. The molecule has 2 aromatic carbocycles. The van der Waals surface area contributed by atoms with Crippen LogP contribution in [-0.2, 0) is 11.2 Å². The molecule has 4 nitrogen and oxygen atoms in total. The Morgan fingerprint density at radius 1 is 1.08 bits per heavy atom. The minimum absolute atomic E-state index is 0.00702. The fourth-order valence-corrected chi connectivity index (χ4v) is 3.13. The first-order chi connectivity index (χ1) is 12.7. The van der Waals surface area contributed by atoms with Gasteiger partial charge in [-0.25, -0.2) is 0 Å². The Hall–Kier alpha value is -3.01. The molecule has 0 aliphatic rings. The third-order valence-corrected chi connectivity index (χ3v) is 4.52. The first-order valence-corrected chi connectivity index (χ1v) is 8.85. The molecule has 0 spiro atoms. The van der Waals surface area contributed by atoms with Crippen LogP contribution >= 0.6 is 0 Å². The number of rotatable bonds is 7. The monoisotopic (exact) mass is 348 g/mol. The Kier molecular flexibility index (Phi) is 5.74. The Morgan fingerprint density at radius 2 is 1.85 bits per heavy atom. The summed E-state index contributed by atoms with van der Waals surface area (Å²) in [6, 6.07) is 19.7. The first kappa shape index (κ1) is 17.8. The second-order valence-electron chi connectivity index (χ2n) is 6.19. The number of carbonyl (C=O) groups excluding carboxylic acids is 1. The second kappa shape index (κ2) is 8.39. The van der Waals surface area contributed by atoms with E-state index < -0.39 is 0 Å². The van der Waals surface area contributed by atoms with Crippen molar-refractivity contribution in [3.8, 4) is 5.75 Å². The highest BCUT2D eigenvalue weighted by Gasteiger charge is 2.18. The predicted molar refractivity (Wildman–Crippen MR) is 105 cm³/mol. The van der Waals surface area contributed by atoms with E-state index in [-0.39, 0.29) is 11.9 Å². The summed E-state index contributed by atoms with van der Waals surface area (Å²) in [5.74, 6) is 0.781. The van der Waals surface area contributed by atoms with Crippen LogP contribution in [0.15, 0.2) is 73.1 Å². The molecule has 0 aliphatic carbocycles.